The van der Waals surface area contributed by atoms with Crippen LogP contribution in [0.3, 0.4) is 0 Å². The molecule has 0 saturated heterocycles. The van der Waals surface area contributed by atoms with E-state index < -0.39 is 17.4 Å². The second kappa shape index (κ2) is 9.97. The lowest BCUT2D eigenvalue weighted by molar-refractivity contribution is -0.147. The molecule has 0 saturated carbocycles. The Kier molecular flexibility index (Phi) is 8.32. The van der Waals surface area contributed by atoms with E-state index in [0.717, 1.165) is 18.3 Å². The van der Waals surface area contributed by atoms with E-state index in [0.29, 0.717) is 12.8 Å². The number of nitrogens with one attached hydrogen (secondary N) is 1. The summed E-state index contributed by atoms with van der Waals surface area (Å²) in [5, 5.41) is 2.81. The predicted molar refractivity (Wildman–Crippen MR) is 97.0 cm³/mol. The predicted octanol–water partition coefficient (Wildman–Crippen LogP) is 2.92. The van der Waals surface area contributed by atoms with Crippen LogP contribution >= 0.6 is 0 Å². The SMILES string of the molecule is CC[C@@H](C)[C@@](C)(CC=O)C(=O)N[C@@H](CCc1ccccc1)C(=O)OC. The average molecular weight is 347 g/mol. The van der Waals surface area contributed by atoms with Crippen molar-refractivity contribution in [3.8, 4) is 0 Å². The highest BCUT2D eigenvalue weighted by Crippen LogP contribution is 2.33. The van der Waals surface area contributed by atoms with Gasteiger partial charge in [0.25, 0.3) is 0 Å². The molecule has 0 aromatic heterocycles. The summed E-state index contributed by atoms with van der Waals surface area (Å²) in [7, 11) is 1.31. The van der Waals surface area contributed by atoms with E-state index >= 15 is 0 Å². The quantitative estimate of drug-likeness (QED) is 0.522. The molecule has 5 nitrogen and oxygen atoms in total. The van der Waals surface area contributed by atoms with E-state index in [1.165, 1.54) is 7.11 Å². The Morgan fingerprint density at radius 3 is 2.44 bits per heavy atom. The first-order valence-corrected chi connectivity index (χ1v) is 8.75. The molecule has 5 heteroatoms. The number of rotatable bonds is 10. The summed E-state index contributed by atoms with van der Waals surface area (Å²) in [6.45, 7) is 5.70. The fraction of sp³-hybridized carbons (Fsp3) is 0.550. The summed E-state index contributed by atoms with van der Waals surface area (Å²) >= 11 is 0. The van der Waals surface area contributed by atoms with Crippen LogP contribution in [0.2, 0.25) is 0 Å². The number of hydrogen-bond donors (Lipinski definition) is 1. The van der Waals surface area contributed by atoms with Crippen LogP contribution in [-0.4, -0.2) is 31.3 Å². The first-order chi connectivity index (χ1) is 11.9. The standard InChI is InChI=1S/C20H29NO4/c1-5-15(2)20(3,13-14-22)19(24)21-17(18(23)25-4)12-11-16-9-7-6-8-10-16/h6-10,14-15,17H,5,11-13H2,1-4H3,(H,21,24)/t15-,17+,20-/m1/s1. The maximum atomic E-state index is 12.8. The van der Waals surface area contributed by atoms with Crippen LogP contribution in [-0.2, 0) is 25.5 Å². The van der Waals surface area contributed by atoms with E-state index in [9.17, 15) is 14.4 Å². The number of aryl methyl sites for hydroxylation is 1. The number of methoxy groups -OCH3 is 1. The van der Waals surface area contributed by atoms with Crippen molar-refractivity contribution in [3.63, 3.8) is 0 Å². The zero-order valence-electron chi connectivity index (χ0n) is 15.6. The second-order valence-corrected chi connectivity index (χ2v) is 6.67. The number of amides is 1. The number of hydrogen-bond acceptors (Lipinski definition) is 4. The van der Waals surface area contributed by atoms with E-state index in [4.69, 9.17) is 4.74 Å². The first-order valence-electron chi connectivity index (χ1n) is 8.75. The normalized spacial score (nSPS) is 15.5. The monoisotopic (exact) mass is 347 g/mol. The fourth-order valence-corrected chi connectivity index (χ4v) is 2.81. The third-order valence-electron chi connectivity index (χ3n) is 5.08. The van der Waals surface area contributed by atoms with Crippen molar-refractivity contribution < 1.29 is 19.1 Å². The zero-order valence-corrected chi connectivity index (χ0v) is 15.6. The van der Waals surface area contributed by atoms with Crippen LogP contribution < -0.4 is 5.32 Å². The van der Waals surface area contributed by atoms with Crippen LogP contribution in [0.15, 0.2) is 30.3 Å². The largest absolute Gasteiger partial charge is 0.467 e. The van der Waals surface area contributed by atoms with Crippen molar-refractivity contribution in [2.24, 2.45) is 11.3 Å². The molecule has 0 aliphatic carbocycles. The summed E-state index contributed by atoms with van der Waals surface area (Å²) < 4.78 is 4.84. The van der Waals surface area contributed by atoms with Crippen LogP contribution in [0.5, 0.6) is 0 Å². The van der Waals surface area contributed by atoms with Gasteiger partial charge in [0.1, 0.15) is 12.3 Å². The van der Waals surface area contributed by atoms with E-state index in [-0.39, 0.29) is 18.2 Å². The Balaban J connectivity index is 2.87. The van der Waals surface area contributed by atoms with E-state index in [1.807, 2.05) is 44.2 Å². The molecular formula is C20H29NO4. The molecule has 0 bridgehead atoms. The molecule has 1 amide bonds. The second-order valence-electron chi connectivity index (χ2n) is 6.67. The maximum Gasteiger partial charge on any atom is 0.328 e. The number of esters is 1. The number of carbonyl (C=O) groups is 3. The van der Waals surface area contributed by atoms with Crippen molar-refractivity contribution in [1.29, 1.82) is 0 Å². The number of ether oxygens (including phenoxy) is 1. The van der Waals surface area contributed by atoms with Gasteiger partial charge in [-0.2, -0.15) is 0 Å². The summed E-state index contributed by atoms with van der Waals surface area (Å²) in [4.78, 5) is 36.0. The molecule has 0 aliphatic heterocycles. The molecule has 0 fully saturated rings. The molecule has 0 radical (unpaired) electrons. The van der Waals surface area contributed by atoms with Gasteiger partial charge in [0.05, 0.1) is 12.5 Å². The molecule has 3 atom stereocenters. The van der Waals surface area contributed by atoms with Gasteiger partial charge < -0.3 is 14.8 Å². The van der Waals surface area contributed by atoms with Crippen LogP contribution in [0.4, 0.5) is 0 Å². The fourth-order valence-electron chi connectivity index (χ4n) is 2.81. The molecule has 1 aromatic carbocycles. The minimum atomic E-state index is -0.838. The van der Waals surface area contributed by atoms with Crippen LogP contribution in [0.25, 0.3) is 0 Å². The molecule has 138 valence electrons. The van der Waals surface area contributed by atoms with E-state index in [2.05, 4.69) is 5.32 Å². The summed E-state index contributed by atoms with van der Waals surface area (Å²) in [6, 6.07) is 9.03. The summed E-state index contributed by atoms with van der Waals surface area (Å²) in [5.41, 5.74) is 0.249. The van der Waals surface area contributed by atoms with Crippen molar-refractivity contribution >= 4 is 18.2 Å². The summed E-state index contributed by atoms with van der Waals surface area (Å²) in [5.74, 6) is -0.732. The van der Waals surface area contributed by atoms with Gasteiger partial charge in [-0.1, -0.05) is 57.5 Å². The van der Waals surface area contributed by atoms with Gasteiger partial charge in [-0.3, -0.25) is 4.79 Å². The Morgan fingerprint density at radius 1 is 1.28 bits per heavy atom. The van der Waals surface area contributed by atoms with Gasteiger partial charge in [0, 0.05) is 6.42 Å². The Morgan fingerprint density at radius 2 is 1.92 bits per heavy atom. The molecule has 0 spiro atoms. The Hall–Kier alpha value is -2.17. The van der Waals surface area contributed by atoms with Crippen molar-refractivity contribution in [1.82, 2.24) is 5.32 Å². The molecule has 1 N–H and O–H groups in total. The lowest BCUT2D eigenvalue weighted by atomic mass is 9.73. The highest BCUT2D eigenvalue weighted by atomic mass is 16.5. The van der Waals surface area contributed by atoms with E-state index in [1.54, 1.807) is 6.92 Å². The third kappa shape index (κ3) is 5.69. The van der Waals surface area contributed by atoms with Crippen LogP contribution in [0, 0.1) is 11.3 Å². The highest BCUT2D eigenvalue weighted by molar-refractivity contribution is 5.89. The third-order valence-corrected chi connectivity index (χ3v) is 5.08. The van der Waals surface area contributed by atoms with Crippen molar-refractivity contribution in [2.45, 2.75) is 52.5 Å². The molecule has 0 unspecified atom stereocenters. The molecule has 0 aliphatic rings. The zero-order chi connectivity index (χ0) is 18.9. The lowest BCUT2D eigenvalue weighted by Crippen LogP contribution is -2.50. The number of benzene rings is 1. The Labute approximate surface area is 150 Å². The minimum absolute atomic E-state index is 0.0186. The van der Waals surface area contributed by atoms with Gasteiger partial charge in [-0.25, -0.2) is 4.79 Å². The van der Waals surface area contributed by atoms with Gasteiger partial charge in [-0.15, -0.1) is 0 Å². The topological polar surface area (TPSA) is 72.5 Å². The maximum absolute atomic E-state index is 12.8. The molecule has 1 aromatic rings. The van der Waals surface area contributed by atoms with Gasteiger partial charge in [-0.05, 0) is 24.3 Å². The lowest BCUT2D eigenvalue weighted by Gasteiger charge is -2.33. The highest BCUT2D eigenvalue weighted by Gasteiger charge is 2.39. The first kappa shape index (κ1) is 20.9. The van der Waals surface area contributed by atoms with Gasteiger partial charge in [0.2, 0.25) is 5.91 Å². The number of carbonyl (C=O) groups excluding carboxylic acids is 3. The number of aldehydes is 1. The van der Waals surface area contributed by atoms with Crippen molar-refractivity contribution in [2.75, 3.05) is 7.11 Å². The molecule has 1 rings (SSSR count). The molecular weight excluding hydrogens is 318 g/mol. The molecule has 25 heavy (non-hydrogen) atoms. The molecule has 0 heterocycles. The minimum Gasteiger partial charge on any atom is -0.467 e. The summed E-state index contributed by atoms with van der Waals surface area (Å²) in [6.07, 6.45) is 2.75. The Bertz CT molecular complexity index is 572. The van der Waals surface area contributed by atoms with Crippen LogP contribution in [0.1, 0.15) is 45.6 Å². The van der Waals surface area contributed by atoms with Gasteiger partial charge >= 0.3 is 5.97 Å². The average Bonchev–Trinajstić information content (AvgIpc) is 2.64. The van der Waals surface area contributed by atoms with Gasteiger partial charge in [0.15, 0.2) is 0 Å². The van der Waals surface area contributed by atoms with Crippen molar-refractivity contribution in [3.05, 3.63) is 35.9 Å². The smallest absolute Gasteiger partial charge is 0.328 e.